The number of hydrogen-bond acceptors (Lipinski definition) is 3. The van der Waals surface area contributed by atoms with Crippen molar-refractivity contribution >= 4 is 55.7 Å². The first kappa shape index (κ1) is 14.9. The van der Waals surface area contributed by atoms with E-state index in [1.165, 1.54) is 0 Å². The van der Waals surface area contributed by atoms with Gasteiger partial charge in [-0.25, -0.2) is 0 Å². The van der Waals surface area contributed by atoms with E-state index in [0.29, 0.717) is 11.6 Å². The minimum Gasteiger partial charge on any atom is -0.457 e. The second-order valence-corrected chi connectivity index (χ2v) is 7.79. The van der Waals surface area contributed by atoms with Crippen molar-refractivity contribution in [2.45, 2.75) is 10.6 Å². The number of ether oxygens (including phenoxy) is 2. The number of morpholine rings is 1. The zero-order valence-electron chi connectivity index (χ0n) is 11.3. The second-order valence-electron chi connectivity index (χ2n) is 5.22. The van der Waals surface area contributed by atoms with Crippen LogP contribution in [0.25, 0.3) is 0 Å². The lowest BCUT2D eigenvalue weighted by Crippen LogP contribution is -2.59. The van der Waals surface area contributed by atoms with Gasteiger partial charge in [-0.15, -0.1) is 0 Å². The quantitative estimate of drug-likeness (QED) is 0.341. The van der Waals surface area contributed by atoms with Crippen LogP contribution in [-0.2, 0) is 10.3 Å². The highest BCUT2D eigenvalue weighted by Crippen LogP contribution is 2.51. The van der Waals surface area contributed by atoms with Gasteiger partial charge in [0.2, 0.25) is 0 Å². The van der Waals surface area contributed by atoms with Crippen molar-refractivity contribution in [3.05, 3.63) is 57.2 Å². The van der Waals surface area contributed by atoms with Crippen molar-refractivity contribution in [2.24, 2.45) is 0 Å². The Balaban J connectivity index is 2.04. The van der Waals surface area contributed by atoms with Crippen LogP contribution in [0.3, 0.4) is 0 Å². The summed E-state index contributed by atoms with van der Waals surface area (Å²) >= 11 is 11.4. The molecule has 1 unspecified atom stereocenters. The minimum atomic E-state index is -0.583. The molecule has 2 heterocycles. The highest BCUT2D eigenvalue weighted by atomic mass is 127. The van der Waals surface area contributed by atoms with Gasteiger partial charge in [-0.2, -0.15) is 0 Å². The number of alkyl halides is 1. The summed E-state index contributed by atoms with van der Waals surface area (Å²) in [5.41, 5.74) is 1.47. The Morgan fingerprint density at radius 3 is 2.82 bits per heavy atom. The molecule has 6 heteroatoms. The molecule has 22 heavy (non-hydrogen) atoms. The Hall–Kier alpha value is -0.700. The van der Waals surface area contributed by atoms with Crippen LogP contribution in [0.4, 0.5) is 0 Å². The largest absolute Gasteiger partial charge is 0.457 e. The molecular formula is C16H11BrINO2S. The molecule has 0 amide bonds. The average molecular weight is 488 g/mol. The second kappa shape index (κ2) is 5.43. The minimum absolute atomic E-state index is 0.242. The summed E-state index contributed by atoms with van der Waals surface area (Å²) in [7, 11) is 0. The Labute approximate surface area is 155 Å². The van der Waals surface area contributed by atoms with E-state index in [2.05, 4.69) is 56.0 Å². The van der Waals surface area contributed by atoms with Gasteiger partial charge in [-0.05, 0) is 46.9 Å². The summed E-state index contributed by atoms with van der Waals surface area (Å²) in [6.07, 6.45) is 0. The molecule has 2 aliphatic heterocycles. The fourth-order valence-corrected chi connectivity index (χ4v) is 4.47. The summed E-state index contributed by atoms with van der Waals surface area (Å²) in [5, 5.41) is 3.26. The molecule has 0 radical (unpaired) electrons. The molecule has 3 nitrogen and oxygen atoms in total. The van der Waals surface area contributed by atoms with Crippen LogP contribution in [0, 0.1) is 3.57 Å². The maximum atomic E-state index is 6.08. The molecular weight excluding hydrogens is 477 g/mol. The van der Waals surface area contributed by atoms with Crippen LogP contribution >= 0.6 is 50.7 Å². The molecule has 1 fully saturated rings. The molecule has 0 aromatic heterocycles. The summed E-state index contributed by atoms with van der Waals surface area (Å²) in [6, 6.07) is 14.1. The molecule has 2 atom stereocenters. The molecule has 0 aliphatic carbocycles. The van der Waals surface area contributed by atoms with Crippen molar-refractivity contribution in [1.29, 1.82) is 0 Å². The number of hydrogen-bond donors (Lipinski definition) is 1. The first-order chi connectivity index (χ1) is 10.6. The van der Waals surface area contributed by atoms with Crippen molar-refractivity contribution < 1.29 is 9.47 Å². The summed E-state index contributed by atoms with van der Waals surface area (Å²) in [4.78, 5) is 0.692. The first-order valence-electron chi connectivity index (χ1n) is 6.75. The third-order valence-corrected chi connectivity index (χ3v) is 5.78. The summed E-state index contributed by atoms with van der Waals surface area (Å²) < 4.78 is 13.1. The Morgan fingerprint density at radius 1 is 1.18 bits per heavy atom. The van der Waals surface area contributed by atoms with Crippen molar-refractivity contribution in [3.8, 4) is 11.5 Å². The monoisotopic (exact) mass is 487 g/mol. The van der Waals surface area contributed by atoms with Gasteiger partial charge in [0, 0.05) is 14.7 Å². The lowest BCUT2D eigenvalue weighted by atomic mass is 9.80. The molecule has 0 bridgehead atoms. The van der Waals surface area contributed by atoms with Gasteiger partial charge in [-0.1, -0.05) is 46.3 Å². The number of para-hydroxylation sites is 1. The molecule has 2 aromatic carbocycles. The zero-order valence-corrected chi connectivity index (χ0v) is 15.9. The van der Waals surface area contributed by atoms with Gasteiger partial charge in [0.25, 0.3) is 0 Å². The maximum absolute atomic E-state index is 6.08. The summed E-state index contributed by atoms with van der Waals surface area (Å²) in [6.45, 7) is 0.412. The number of halogens is 2. The number of benzene rings is 2. The Morgan fingerprint density at radius 2 is 1.95 bits per heavy atom. The van der Waals surface area contributed by atoms with Crippen molar-refractivity contribution in [3.63, 3.8) is 0 Å². The Kier molecular flexibility index (Phi) is 3.67. The van der Waals surface area contributed by atoms with Crippen LogP contribution in [0.5, 0.6) is 11.5 Å². The highest BCUT2D eigenvalue weighted by molar-refractivity contribution is 14.1. The van der Waals surface area contributed by atoms with Gasteiger partial charge in [0.05, 0.1) is 6.61 Å². The molecule has 2 aliphatic rings. The van der Waals surface area contributed by atoms with Gasteiger partial charge < -0.3 is 14.8 Å². The predicted molar refractivity (Wildman–Crippen MR) is 101 cm³/mol. The fraction of sp³-hybridized carbons (Fsp3) is 0.188. The molecule has 1 N–H and O–H groups in total. The van der Waals surface area contributed by atoms with E-state index in [0.717, 1.165) is 26.2 Å². The van der Waals surface area contributed by atoms with Crippen LogP contribution in [-0.4, -0.2) is 16.6 Å². The van der Waals surface area contributed by atoms with Crippen LogP contribution in [0.15, 0.2) is 42.5 Å². The lowest BCUT2D eigenvalue weighted by molar-refractivity contribution is 0.0699. The van der Waals surface area contributed by atoms with E-state index < -0.39 is 5.54 Å². The molecule has 1 spiro atoms. The standard InChI is InChI=1S/C16H11BrINO2S/c17-15-16(19-14(22)8-20-15)10-3-1-2-4-12(10)21-13-6-5-9(18)7-11(13)16/h1-7,15H,8H2,(H,19,22)/t15?,16-/m0/s1. The Bertz CT molecular complexity index is 784. The van der Waals surface area contributed by atoms with Crippen LogP contribution in [0.2, 0.25) is 0 Å². The van der Waals surface area contributed by atoms with E-state index in [1.807, 2.05) is 30.3 Å². The van der Waals surface area contributed by atoms with E-state index in [-0.39, 0.29) is 5.01 Å². The van der Waals surface area contributed by atoms with Gasteiger partial charge in [-0.3, -0.25) is 0 Å². The smallest absolute Gasteiger partial charge is 0.144 e. The van der Waals surface area contributed by atoms with Gasteiger partial charge in [0.15, 0.2) is 0 Å². The first-order valence-corrected chi connectivity index (χ1v) is 9.15. The molecule has 112 valence electrons. The topological polar surface area (TPSA) is 30.5 Å². The SMILES string of the molecule is S=C1COC(Br)[C@]2(N1)c1ccccc1Oc1ccc(I)cc12. The molecule has 4 rings (SSSR count). The van der Waals surface area contributed by atoms with Crippen LogP contribution in [0.1, 0.15) is 11.1 Å². The van der Waals surface area contributed by atoms with Crippen molar-refractivity contribution in [1.82, 2.24) is 5.32 Å². The maximum Gasteiger partial charge on any atom is 0.144 e. The molecule has 0 saturated carbocycles. The van der Waals surface area contributed by atoms with E-state index in [9.17, 15) is 0 Å². The van der Waals surface area contributed by atoms with Crippen LogP contribution < -0.4 is 10.1 Å². The number of nitrogens with one attached hydrogen (secondary N) is 1. The third-order valence-electron chi connectivity index (χ3n) is 3.94. The van der Waals surface area contributed by atoms with E-state index in [4.69, 9.17) is 21.7 Å². The summed E-state index contributed by atoms with van der Waals surface area (Å²) in [5.74, 6) is 1.64. The normalized spacial score (nSPS) is 25.9. The number of fused-ring (bicyclic) bond motifs is 4. The van der Waals surface area contributed by atoms with Gasteiger partial charge >= 0.3 is 0 Å². The zero-order chi connectivity index (χ0) is 15.3. The third kappa shape index (κ3) is 2.11. The number of thiocarbonyl (C=S) groups is 1. The van der Waals surface area contributed by atoms with Gasteiger partial charge in [0.1, 0.15) is 27.0 Å². The molecule has 1 saturated heterocycles. The van der Waals surface area contributed by atoms with E-state index >= 15 is 0 Å². The fourth-order valence-electron chi connectivity index (χ4n) is 3.01. The average Bonchev–Trinajstić information content (AvgIpc) is 2.52. The number of rotatable bonds is 0. The van der Waals surface area contributed by atoms with Crippen molar-refractivity contribution in [2.75, 3.05) is 6.61 Å². The lowest BCUT2D eigenvalue weighted by Gasteiger charge is -2.46. The van der Waals surface area contributed by atoms with E-state index in [1.54, 1.807) is 0 Å². The highest BCUT2D eigenvalue weighted by Gasteiger charge is 2.50. The predicted octanol–water partition coefficient (Wildman–Crippen LogP) is 4.31. The molecule has 2 aromatic rings.